The van der Waals surface area contributed by atoms with Crippen molar-refractivity contribution in [3.05, 3.63) is 51.5 Å². The van der Waals surface area contributed by atoms with Crippen molar-refractivity contribution < 1.29 is 0 Å². The summed E-state index contributed by atoms with van der Waals surface area (Å²) in [7, 11) is 1.81. The van der Waals surface area contributed by atoms with Gasteiger partial charge in [-0.25, -0.2) is 4.98 Å². The molecule has 0 atom stereocenters. The van der Waals surface area contributed by atoms with E-state index in [9.17, 15) is 0 Å². The van der Waals surface area contributed by atoms with Crippen molar-refractivity contribution in [1.29, 1.82) is 0 Å². The second-order valence-corrected chi connectivity index (χ2v) is 6.40. The van der Waals surface area contributed by atoms with Gasteiger partial charge in [0.2, 0.25) is 0 Å². The van der Waals surface area contributed by atoms with E-state index < -0.39 is 0 Å². The molecule has 0 unspecified atom stereocenters. The van der Waals surface area contributed by atoms with Crippen molar-refractivity contribution in [2.24, 2.45) is 4.99 Å². The monoisotopic (exact) mass is 458 g/mol. The molecule has 2 N–H and O–H groups in total. The van der Waals surface area contributed by atoms with Crippen LogP contribution >= 0.6 is 35.3 Å². The van der Waals surface area contributed by atoms with Gasteiger partial charge in [0.1, 0.15) is 0 Å². The lowest BCUT2D eigenvalue weighted by Gasteiger charge is -2.13. The summed E-state index contributed by atoms with van der Waals surface area (Å²) in [4.78, 5) is 8.78. The second kappa shape index (κ2) is 11.4. The fourth-order valence-electron chi connectivity index (χ4n) is 2.44. The summed E-state index contributed by atoms with van der Waals surface area (Å²) in [5, 5.41) is 10.1. The van der Waals surface area contributed by atoms with Crippen LogP contribution in [-0.4, -0.2) is 24.5 Å². The average molecular weight is 458 g/mol. The van der Waals surface area contributed by atoms with E-state index in [0.717, 1.165) is 44.0 Å². The van der Waals surface area contributed by atoms with Crippen LogP contribution in [0.2, 0.25) is 0 Å². The Morgan fingerprint density at radius 3 is 2.58 bits per heavy atom. The molecule has 132 valence electrons. The standard InChI is InChI=1S/C18H26N4S.HI/c1-4-15-8-5-6-9-16(15)12-21-18(19-3)20-11-7-10-17-22-14(2)13-23-17;/h5-6,8-9,13H,4,7,10-12H2,1-3H3,(H2,19,20,21);1H. The molecule has 4 nitrogen and oxygen atoms in total. The highest BCUT2D eigenvalue weighted by Gasteiger charge is 2.03. The van der Waals surface area contributed by atoms with E-state index in [1.54, 1.807) is 11.3 Å². The molecule has 24 heavy (non-hydrogen) atoms. The highest BCUT2D eigenvalue weighted by atomic mass is 127. The molecule has 0 spiro atoms. The number of aryl methyl sites for hydroxylation is 3. The van der Waals surface area contributed by atoms with Gasteiger partial charge in [-0.3, -0.25) is 4.99 Å². The number of benzene rings is 1. The minimum atomic E-state index is 0. The predicted octanol–water partition coefficient (Wildman–Crippen LogP) is 3.93. The summed E-state index contributed by atoms with van der Waals surface area (Å²) in [6.07, 6.45) is 3.12. The van der Waals surface area contributed by atoms with E-state index in [0.29, 0.717) is 0 Å². The minimum absolute atomic E-state index is 0. The third-order valence-electron chi connectivity index (χ3n) is 3.70. The van der Waals surface area contributed by atoms with Gasteiger partial charge in [-0.1, -0.05) is 31.2 Å². The van der Waals surface area contributed by atoms with Crippen LogP contribution in [0.5, 0.6) is 0 Å². The fraction of sp³-hybridized carbons (Fsp3) is 0.444. The highest BCUT2D eigenvalue weighted by Crippen LogP contribution is 2.10. The summed E-state index contributed by atoms with van der Waals surface area (Å²) < 4.78 is 0. The van der Waals surface area contributed by atoms with Crippen LogP contribution < -0.4 is 10.6 Å². The number of aromatic nitrogens is 1. The molecule has 0 aliphatic rings. The molecule has 1 heterocycles. The van der Waals surface area contributed by atoms with Crippen LogP contribution in [0.4, 0.5) is 0 Å². The highest BCUT2D eigenvalue weighted by molar-refractivity contribution is 14.0. The van der Waals surface area contributed by atoms with Crippen LogP contribution in [0.25, 0.3) is 0 Å². The SMILES string of the molecule is CCc1ccccc1CNC(=NC)NCCCc1nc(C)cs1.I. The molecule has 0 radical (unpaired) electrons. The Balaban J connectivity index is 0.00000288. The van der Waals surface area contributed by atoms with Crippen molar-refractivity contribution in [2.75, 3.05) is 13.6 Å². The van der Waals surface area contributed by atoms with Crippen molar-refractivity contribution >= 4 is 41.3 Å². The number of thiazole rings is 1. The largest absolute Gasteiger partial charge is 0.356 e. The summed E-state index contributed by atoms with van der Waals surface area (Å²) in [6.45, 7) is 5.92. The van der Waals surface area contributed by atoms with Crippen molar-refractivity contribution in [2.45, 2.75) is 39.7 Å². The normalized spacial score (nSPS) is 11.0. The van der Waals surface area contributed by atoms with Gasteiger partial charge in [0.15, 0.2) is 5.96 Å². The maximum atomic E-state index is 4.49. The fourth-order valence-corrected chi connectivity index (χ4v) is 3.26. The number of hydrogen-bond donors (Lipinski definition) is 2. The Hall–Kier alpha value is -1.15. The minimum Gasteiger partial charge on any atom is -0.356 e. The van der Waals surface area contributed by atoms with Crippen LogP contribution in [0.1, 0.15) is 35.2 Å². The van der Waals surface area contributed by atoms with Gasteiger partial charge in [0, 0.05) is 37.6 Å². The summed E-state index contributed by atoms with van der Waals surface area (Å²) >= 11 is 1.74. The average Bonchev–Trinajstić information content (AvgIpc) is 3.00. The third kappa shape index (κ3) is 6.76. The van der Waals surface area contributed by atoms with Gasteiger partial charge in [-0.2, -0.15) is 0 Å². The van der Waals surface area contributed by atoms with Crippen LogP contribution in [0.15, 0.2) is 34.6 Å². The molecule has 0 fully saturated rings. The van der Waals surface area contributed by atoms with Gasteiger partial charge >= 0.3 is 0 Å². The smallest absolute Gasteiger partial charge is 0.191 e. The molecular formula is C18H27IN4S. The van der Waals surface area contributed by atoms with E-state index in [1.165, 1.54) is 16.1 Å². The maximum Gasteiger partial charge on any atom is 0.191 e. The van der Waals surface area contributed by atoms with Gasteiger partial charge in [0.25, 0.3) is 0 Å². The van der Waals surface area contributed by atoms with Crippen LogP contribution in [-0.2, 0) is 19.4 Å². The van der Waals surface area contributed by atoms with Crippen molar-refractivity contribution in [3.63, 3.8) is 0 Å². The molecule has 1 aromatic carbocycles. The zero-order chi connectivity index (χ0) is 16.5. The summed E-state index contributed by atoms with van der Waals surface area (Å²) in [6, 6.07) is 8.53. The van der Waals surface area contributed by atoms with Gasteiger partial charge in [-0.15, -0.1) is 35.3 Å². The lowest BCUT2D eigenvalue weighted by Crippen LogP contribution is -2.37. The molecule has 0 saturated carbocycles. The van der Waals surface area contributed by atoms with E-state index in [1.807, 2.05) is 14.0 Å². The van der Waals surface area contributed by atoms with E-state index >= 15 is 0 Å². The van der Waals surface area contributed by atoms with Crippen LogP contribution in [0, 0.1) is 6.92 Å². The topological polar surface area (TPSA) is 49.3 Å². The van der Waals surface area contributed by atoms with E-state index in [2.05, 4.69) is 57.2 Å². The Labute approximate surface area is 166 Å². The molecule has 0 aliphatic carbocycles. The molecule has 0 amide bonds. The molecular weight excluding hydrogens is 431 g/mol. The number of guanidine groups is 1. The molecule has 0 saturated heterocycles. The number of nitrogens with one attached hydrogen (secondary N) is 2. The molecule has 2 aromatic rings. The van der Waals surface area contributed by atoms with Crippen molar-refractivity contribution in [3.8, 4) is 0 Å². The summed E-state index contributed by atoms with van der Waals surface area (Å²) in [5.41, 5.74) is 3.83. The number of nitrogens with zero attached hydrogens (tertiary/aromatic N) is 2. The predicted molar refractivity (Wildman–Crippen MR) is 115 cm³/mol. The molecule has 2 rings (SSSR count). The first kappa shape index (κ1) is 20.9. The Morgan fingerprint density at radius 1 is 1.21 bits per heavy atom. The quantitative estimate of drug-likeness (QED) is 0.286. The van der Waals surface area contributed by atoms with Gasteiger partial charge < -0.3 is 10.6 Å². The van der Waals surface area contributed by atoms with E-state index in [4.69, 9.17) is 0 Å². The first-order valence-electron chi connectivity index (χ1n) is 8.15. The number of aliphatic imine (C=N–C) groups is 1. The van der Waals surface area contributed by atoms with Gasteiger partial charge in [0.05, 0.1) is 5.01 Å². The Morgan fingerprint density at radius 2 is 1.96 bits per heavy atom. The van der Waals surface area contributed by atoms with Crippen LogP contribution in [0.3, 0.4) is 0 Å². The zero-order valence-corrected chi connectivity index (χ0v) is 17.8. The Bertz CT molecular complexity index is 639. The first-order chi connectivity index (χ1) is 11.2. The third-order valence-corrected chi connectivity index (χ3v) is 4.72. The maximum absolute atomic E-state index is 4.49. The Kier molecular flexibility index (Phi) is 9.94. The molecule has 0 bridgehead atoms. The number of hydrogen-bond acceptors (Lipinski definition) is 3. The molecule has 6 heteroatoms. The first-order valence-corrected chi connectivity index (χ1v) is 9.03. The second-order valence-electron chi connectivity index (χ2n) is 5.46. The number of rotatable bonds is 7. The summed E-state index contributed by atoms with van der Waals surface area (Å²) in [5.74, 6) is 0.853. The zero-order valence-electron chi connectivity index (χ0n) is 14.6. The van der Waals surface area contributed by atoms with Gasteiger partial charge in [-0.05, 0) is 30.9 Å². The lowest BCUT2D eigenvalue weighted by atomic mass is 10.1. The number of halogens is 1. The molecule has 1 aromatic heterocycles. The molecule has 0 aliphatic heterocycles. The lowest BCUT2D eigenvalue weighted by molar-refractivity contribution is 0.737. The van der Waals surface area contributed by atoms with Crippen molar-refractivity contribution in [1.82, 2.24) is 15.6 Å². The van der Waals surface area contributed by atoms with E-state index in [-0.39, 0.29) is 24.0 Å².